The van der Waals surface area contributed by atoms with E-state index in [0.29, 0.717) is 24.6 Å². The largest absolute Gasteiger partial charge is 0.356 e. The van der Waals surface area contributed by atoms with Gasteiger partial charge in [0.1, 0.15) is 6.04 Å². The monoisotopic (exact) mass is 450 g/mol. The number of urea groups is 1. The maximum atomic E-state index is 12.9. The summed E-state index contributed by atoms with van der Waals surface area (Å²) in [6, 6.07) is 12.0. The van der Waals surface area contributed by atoms with Crippen LogP contribution in [0.25, 0.3) is 10.8 Å². The Kier molecular flexibility index (Phi) is 6.50. The number of benzene rings is 2. The standard InChI is InChI=1S/C24H26N4O3S/c1-15(2)19-14-32-22(26-19)12-13-25-21(29)11-10-18-23(30)28(24(31)27-18)20-9-5-7-16-6-3-4-8-17(16)20/h3-9,14-15,18H,10-13H2,1-2H3,(H,25,29)(H,27,31). The molecule has 4 amide bonds. The second kappa shape index (κ2) is 9.48. The second-order valence-corrected chi connectivity index (χ2v) is 9.08. The van der Waals surface area contributed by atoms with Crippen LogP contribution in [0.1, 0.15) is 43.3 Å². The first-order chi connectivity index (χ1) is 15.4. The third kappa shape index (κ3) is 4.65. The van der Waals surface area contributed by atoms with Gasteiger partial charge in [-0.2, -0.15) is 0 Å². The van der Waals surface area contributed by atoms with Crippen molar-refractivity contribution in [2.45, 2.75) is 45.1 Å². The highest BCUT2D eigenvalue weighted by molar-refractivity contribution is 7.09. The highest BCUT2D eigenvalue weighted by atomic mass is 32.1. The average molecular weight is 451 g/mol. The Hall–Kier alpha value is -3.26. The smallest absolute Gasteiger partial charge is 0.329 e. The number of hydrogen-bond acceptors (Lipinski definition) is 5. The maximum absolute atomic E-state index is 12.9. The van der Waals surface area contributed by atoms with Crippen molar-refractivity contribution in [2.24, 2.45) is 0 Å². The first kappa shape index (κ1) is 22.0. The lowest BCUT2D eigenvalue weighted by Crippen LogP contribution is -2.33. The minimum Gasteiger partial charge on any atom is -0.356 e. The molecule has 3 aromatic rings. The summed E-state index contributed by atoms with van der Waals surface area (Å²) < 4.78 is 0. The van der Waals surface area contributed by atoms with Crippen molar-refractivity contribution in [1.82, 2.24) is 15.6 Å². The zero-order valence-corrected chi connectivity index (χ0v) is 18.9. The molecule has 1 unspecified atom stereocenters. The molecule has 0 radical (unpaired) electrons. The molecular formula is C24H26N4O3S. The number of fused-ring (bicyclic) bond motifs is 1. The van der Waals surface area contributed by atoms with Crippen LogP contribution in [0.4, 0.5) is 10.5 Å². The minimum absolute atomic E-state index is 0.142. The predicted molar refractivity (Wildman–Crippen MR) is 126 cm³/mol. The highest BCUT2D eigenvalue weighted by Gasteiger charge is 2.39. The minimum atomic E-state index is -0.709. The summed E-state index contributed by atoms with van der Waals surface area (Å²) in [5, 5.41) is 10.4. The zero-order valence-electron chi connectivity index (χ0n) is 18.1. The van der Waals surface area contributed by atoms with E-state index in [4.69, 9.17) is 0 Å². The van der Waals surface area contributed by atoms with Crippen LogP contribution >= 0.6 is 11.3 Å². The summed E-state index contributed by atoms with van der Waals surface area (Å²) in [5.41, 5.74) is 1.63. The van der Waals surface area contributed by atoms with Crippen LogP contribution in [0.3, 0.4) is 0 Å². The van der Waals surface area contributed by atoms with Crippen LogP contribution in [-0.4, -0.2) is 35.4 Å². The van der Waals surface area contributed by atoms with Crippen molar-refractivity contribution in [3.05, 3.63) is 58.5 Å². The van der Waals surface area contributed by atoms with Crippen molar-refractivity contribution in [1.29, 1.82) is 0 Å². The number of imide groups is 1. The van der Waals surface area contributed by atoms with Gasteiger partial charge in [-0.05, 0) is 23.8 Å². The van der Waals surface area contributed by atoms with Gasteiger partial charge in [0, 0.05) is 30.2 Å². The van der Waals surface area contributed by atoms with E-state index in [2.05, 4.69) is 34.8 Å². The fourth-order valence-corrected chi connectivity index (χ4v) is 4.70. The van der Waals surface area contributed by atoms with Gasteiger partial charge >= 0.3 is 6.03 Å². The van der Waals surface area contributed by atoms with E-state index < -0.39 is 12.1 Å². The molecule has 7 nitrogen and oxygen atoms in total. The molecular weight excluding hydrogens is 424 g/mol. The Bertz CT molecular complexity index is 1150. The molecule has 0 spiro atoms. The Balaban J connectivity index is 1.31. The van der Waals surface area contributed by atoms with Crippen LogP contribution < -0.4 is 15.5 Å². The van der Waals surface area contributed by atoms with Gasteiger partial charge in [-0.1, -0.05) is 50.2 Å². The zero-order chi connectivity index (χ0) is 22.7. The number of carbonyl (C=O) groups is 3. The van der Waals surface area contributed by atoms with Gasteiger partial charge in [-0.25, -0.2) is 14.7 Å². The molecule has 1 aliphatic rings. The fourth-order valence-electron chi connectivity index (χ4n) is 3.74. The van der Waals surface area contributed by atoms with Crippen LogP contribution in [0.5, 0.6) is 0 Å². The number of rotatable bonds is 8. The van der Waals surface area contributed by atoms with Crippen molar-refractivity contribution >= 4 is 45.6 Å². The highest BCUT2D eigenvalue weighted by Crippen LogP contribution is 2.29. The van der Waals surface area contributed by atoms with E-state index in [0.717, 1.165) is 21.5 Å². The van der Waals surface area contributed by atoms with Gasteiger partial charge in [0.05, 0.1) is 16.4 Å². The van der Waals surface area contributed by atoms with Crippen LogP contribution in [-0.2, 0) is 16.0 Å². The molecule has 2 heterocycles. The topological polar surface area (TPSA) is 91.4 Å². The van der Waals surface area contributed by atoms with Gasteiger partial charge in [-0.15, -0.1) is 11.3 Å². The molecule has 1 aromatic heterocycles. The maximum Gasteiger partial charge on any atom is 0.329 e. The van der Waals surface area contributed by atoms with Crippen molar-refractivity contribution in [3.63, 3.8) is 0 Å². The summed E-state index contributed by atoms with van der Waals surface area (Å²) in [4.78, 5) is 43.5. The number of nitrogens with zero attached hydrogens (tertiary/aromatic N) is 2. The molecule has 4 rings (SSSR count). The summed E-state index contributed by atoms with van der Waals surface area (Å²) >= 11 is 1.60. The fraction of sp³-hybridized carbons (Fsp3) is 0.333. The number of amides is 4. The number of nitrogens with one attached hydrogen (secondary N) is 2. The molecule has 32 heavy (non-hydrogen) atoms. The third-order valence-corrected chi connectivity index (χ3v) is 6.44. The van der Waals surface area contributed by atoms with Gasteiger partial charge in [-0.3, -0.25) is 9.59 Å². The summed E-state index contributed by atoms with van der Waals surface area (Å²) in [7, 11) is 0. The number of aromatic nitrogens is 1. The number of carbonyl (C=O) groups excluding carboxylic acids is 3. The third-order valence-electron chi connectivity index (χ3n) is 5.51. The molecule has 1 atom stereocenters. The van der Waals surface area contributed by atoms with E-state index in [1.807, 2.05) is 36.4 Å². The molecule has 0 bridgehead atoms. The van der Waals surface area contributed by atoms with Crippen LogP contribution in [0, 0.1) is 0 Å². The lowest BCUT2D eigenvalue weighted by Gasteiger charge is -2.15. The molecule has 0 aliphatic carbocycles. The molecule has 8 heteroatoms. The Morgan fingerprint density at radius 3 is 2.75 bits per heavy atom. The summed E-state index contributed by atoms with van der Waals surface area (Å²) in [6.07, 6.45) is 1.10. The summed E-state index contributed by atoms with van der Waals surface area (Å²) in [5.74, 6) is -0.0818. The normalized spacial score (nSPS) is 16.1. The molecule has 1 saturated heterocycles. The van der Waals surface area contributed by atoms with E-state index in [9.17, 15) is 14.4 Å². The van der Waals surface area contributed by atoms with E-state index in [1.165, 1.54) is 4.90 Å². The molecule has 1 fully saturated rings. The molecule has 0 saturated carbocycles. The van der Waals surface area contributed by atoms with Crippen LogP contribution in [0.15, 0.2) is 47.8 Å². The molecule has 2 aromatic carbocycles. The number of anilines is 1. The van der Waals surface area contributed by atoms with E-state index >= 15 is 0 Å². The predicted octanol–water partition coefficient (Wildman–Crippen LogP) is 3.98. The second-order valence-electron chi connectivity index (χ2n) is 8.13. The first-order valence-corrected chi connectivity index (χ1v) is 11.6. The average Bonchev–Trinajstić information content (AvgIpc) is 3.36. The Labute approximate surface area is 190 Å². The lowest BCUT2D eigenvalue weighted by atomic mass is 10.1. The number of thiazole rings is 1. The summed E-state index contributed by atoms with van der Waals surface area (Å²) in [6.45, 7) is 4.70. The van der Waals surface area contributed by atoms with Crippen LogP contribution in [0.2, 0.25) is 0 Å². The molecule has 1 aliphatic heterocycles. The van der Waals surface area contributed by atoms with E-state index in [1.54, 1.807) is 17.4 Å². The Morgan fingerprint density at radius 2 is 1.97 bits per heavy atom. The number of hydrogen-bond donors (Lipinski definition) is 2. The molecule has 166 valence electrons. The van der Waals surface area contributed by atoms with Crippen molar-refractivity contribution in [2.75, 3.05) is 11.4 Å². The SMILES string of the molecule is CC(C)c1csc(CCNC(=O)CCC2NC(=O)N(c3cccc4ccccc34)C2=O)n1. The van der Waals surface area contributed by atoms with Crippen molar-refractivity contribution in [3.8, 4) is 0 Å². The first-order valence-electron chi connectivity index (χ1n) is 10.8. The molecule has 2 N–H and O–H groups in total. The van der Waals surface area contributed by atoms with Gasteiger partial charge in [0.25, 0.3) is 5.91 Å². The van der Waals surface area contributed by atoms with Gasteiger partial charge in [0.15, 0.2) is 0 Å². The Morgan fingerprint density at radius 1 is 1.19 bits per heavy atom. The quantitative estimate of drug-likeness (QED) is 0.508. The van der Waals surface area contributed by atoms with E-state index in [-0.39, 0.29) is 24.7 Å². The van der Waals surface area contributed by atoms with Crippen molar-refractivity contribution < 1.29 is 14.4 Å². The van der Waals surface area contributed by atoms with Gasteiger partial charge in [0.2, 0.25) is 5.91 Å². The van der Waals surface area contributed by atoms with Gasteiger partial charge < -0.3 is 10.6 Å². The lowest BCUT2D eigenvalue weighted by molar-refractivity contribution is -0.121.